The molecule has 2 aromatic carbocycles. The molecule has 3 rings (SSSR count). The number of methoxy groups -OCH3 is 1. The Morgan fingerprint density at radius 2 is 1.86 bits per heavy atom. The number of rotatable bonds is 5. The number of carbonyl (C=O) groups excluding carboxylic acids is 2. The highest BCUT2D eigenvalue weighted by molar-refractivity contribution is 5.97. The summed E-state index contributed by atoms with van der Waals surface area (Å²) in [4.78, 5) is 27.7. The number of ether oxygens (including phenoxy) is 1. The van der Waals surface area contributed by atoms with E-state index in [1.54, 1.807) is 24.1 Å². The minimum absolute atomic E-state index is 0.00870. The Morgan fingerprint density at radius 1 is 1.14 bits per heavy atom. The Kier molecular flexibility index (Phi) is 6.02. The van der Waals surface area contributed by atoms with Crippen molar-refractivity contribution in [3.8, 4) is 5.75 Å². The largest absolute Gasteiger partial charge is 0.496 e. The predicted molar refractivity (Wildman–Crippen MR) is 109 cm³/mol. The molecule has 0 aromatic heterocycles. The molecule has 148 valence electrons. The molecule has 2 aromatic rings. The lowest BCUT2D eigenvalue weighted by molar-refractivity contribution is -0.132. The molecule has 1 aliphatic heterocycles. The minimum Gasteiger partial charge on any atom is -0.496 e. The molecule has 0 aliphatic carbocycles. The summed E-state index contributed by atoms with van der Waals surface area (Å²) in [5.41, 5.74) is 2.20. The van der Waals surface area contributed by atoms with Crippen LogP contribution in [0.15, 0.2) is 48.5 Å². The number of nitrogens with zero attached hydrogens (tertiary/aromatic N) is 1. The Bertz CT molecular complexity index is 847. The number of piperidine rings is 1. The van der Waals surface area contributed by atoms with Gasteiger partial charge in [-0.3, -0.25) is 9.59 Å². The molecule has 5 heteroatoms. The predicted octanol–water partition coefficient (Wildman–Crippen LogP) is 3.56. The summed E-state index contributed by atoms with van der Waals surface area (Å²) < 4.78 is 5.33. The zero-order valence-electron chi connectivity index (χ0n) is 16.8. The van der Waals surface area contributed by atoms with Crippen LogP contribution in [0.25, 0.3) is 0 Å². The van der Waals surface area contributed by atoms with Crippen LogP contribution in [-0.2, 0) is 11.3 Å². The van der Waals surface area contributed by atoms with Gasteiger partial charge in [0.1, 0.15) is 5.75 Å². The van der Waals surface area contributed by atoms with Gasteiger partial charge in [0.15, 0.2) is 0 Å². The Balaban J connectivity index is 1.67. The summed E-state index contributed by atoms with van der Waals surface area (Å²) in [6.45, 7) is 5.54. The third-order valence-electron chi connectivity index (χ3n) is 5.44. The number of amides is 2. The third-order valence-corrected chi connectivity index (χ3v) is 5.44. The first-order valence-electron chi connectivity index (χ1n) is 9.69. The van der Waals surface area contributed by atoms with Crippen molar-refractivity contribution in [1.29, 1.82) is 0 Å². The zero-order valence-corrected chi connectivity index (χ0v) is 16.8. The maximum atomic E-state index is 13.0. The quantitative estimate of drug-likeness (QED) is 0.863. The van der Waals surface area contributed by atoms with Crippen molar-refractivity contribution in [1.82, 2.24) is 10.2 Å². The Morgan fingerprint density at radius 3 is 2.57 bits per heavy atom. The van der Waals surface area contributed by atoms with Crippen molar-refractivity contribution in [3.05, 3.63) is 65.2 Å². The molecule has 0 radical (unpaired) electrons. The minimum atomic E-state index is -0.597. The number of benzene rings is 2. The number of likely N-dealkylation sites (tertiary alicyclic amines) is 1. The monoisotopic (exact) mass is 380 g/mol. The van der Waals surface area contributed by atoms with Gasteiger partial charge in [-0.1, -0.05) is 42.0 Å². The summed E-state index contributed by atoms with van der Waals surface area (Å²) in [6.07, 6.45) is 1.57. The average Bonchev–Trinajstić information content (AvgIpc) is 2.72. The van der Waals surface area contributed by atoms with E-state index in [9.17, 15) is 9.59 Å². The van der Waals surface area contributed by atoms with Crippen molar-refractivity contribution in [2.45, 2.75) is 33.2 Å². The maximum Gasteiger partial charge on any atom is 0.257 e. The van der Waals surface area contributed by atoms with E-state index in [4.69, 9.17) is 4.74 Å². The van der Waals surface area contributed by atoms with E-state index < -0.39 is 5.41 Å². The molecule has 0 bridgehead atoms. The van der Waals surface area contributed by atoms with Gasteiger partial charge in [-0.2, -0.15) is 0 Å². The molecule has 0 spiro atoms. The van der Waals surface area contributed by atoms with Crippen molar-refractivity contribution in [2.75, 3.05) is 20.2 Å². The Hall–Kier alpha value is -2.82. The van der Waals surface area contributed by atoms with Crippen molar-refractivity contribution in [3.63, 3.8) is 0 Å². The first-order chi connectivity index (χ1) is 13.4. The second kappa shape index (κ2) is 8.46. The van der Waals surface area contributed by atoms with Crippen LogP contribution in [0.2, 0.25) is 0 Å². The van der Waals surface area contributed by atoms with E-state index in [0.29, 0.717) is 30.9 Å². The standard InChI is InChI=1S/C23H28N2O3/c1-17-9-11-18(12-10-17)15-24-22(27)23(2)13-6-14-25(16-23)21(26)19-7-4-5-8-20(19)28-3/h4-5,7-12H,6,13-16H2,1-3H3,(H,24,27)/t23-/m1/s1. The summed E-state index contributed by atoms with van der Waals surface area (Å²) in [7, 11) is 1.56. The second-order valence-electron chi connectivity index (χ2n) is 7.76. The lowest BCUT2D eigenvalue weighted by atomic mass is 9.80. The lowest BCUT2D eigenvalue weighted by Crippen LogP contribution is -2.51. The van der Waals surface area contributed by atoms with Gasteiger partial charge >= 0.3 is 0 Å². The normalized spacial score (nSPS) is 19.2. The molecule has 0 unspecified atom stereocenters. The number of hydrogen-bond acceptors (Lipinski definition) is 3. The van der Waals surface area contributed by atoms with Gasteiger partial charge in [0.05, 0.1) is 18.1 Å². The SMILES string of the molecule is COc1ccccc1C(=O)N1CCC[C@@](C)(C(=O)NCc2ccc(C)cc2)C1. The molecule has 5 nitrogen and oxygen atoms in total. The fraction of sp³-hybridized carbons (Fsp3) is 0.391. The van der Waals surface area contributed by atoms with Crippen LogP contribution in [0.1, 0.15) is 41.3 Å². The van der Waals surface area contributed by atoms with Crippen LogP contribution in [0.4, 0.5) is 0 Å². The molecule has 1 fully saturated rings. The summed E-state index contributed by atoms with van der Waals surface area (Å²) in [5.74, 6) is 0.462. The number of carbonyl (C=O) groups is 2. The highest BCUT2D eigenvalue weighted by atomic mass is 16.5. The molecule has 1 atom stereocenters. The molecule has 2 amide bonds. The first kappa shape index (κ1) is 19.9. The van der Waals surface area contributed by atoms with Crippen LogP contribution in [-0.4, -0.2) is 36.9 Å². The topological polar surface area (TPSA) is 58.6 Å². The Labute approximate surface area is 166 Å². The summed E-state index contributed by atoms with van der Waals surface area (Å²) in [5, 5.41) is 3.05. The molecular formula is C23H28N2O3. The number of aryl methyl sites for hydroxylation is 1. The average molecular weight is 380 g/mol. The van der Waals surface area contributed by atoms with E-state index >= 15 is 0 Å². The van der Waals surface area contributed by atoms with Crippen molar-refractivity contribution >= 4 is 11.8 Å². The van der Waals surface area contributed by atoms with Crippen LogP contribution < -0.4 is 10.1 Å². The van der Waals surface area contributed by atoms with E-state index in [2.05, 4.69) is 5.32 Å². The van der Waals surface area contributed by atoms with Crippen LogP contribution in [0, 0.1) is 12.3 Å². The fourth-order valence-corrected chi connectivity index (χ4v) is 3.69. The smallest absolute Gasteiger partial charge is 0.257 e. The summed E-state index contributed by atoms with van der Waals surface area (Å²) >= 11 is 0. The molecule has 1 N–H and O–H groups in total. The highest BCUT2D eigenvalue weighted by Crippen LogP contribution is 2.31. The fourth-order valence-electron chi connectivity index (χ4n) is 3.69. The van der Waals surface area contributed by atoms with E-state index in [-0.39, 0.29) is 11.8 Å². The zero-order chi connectivity index (χ0) is 20.1. The highest BCUT2D eigenvalue weighted by Gasteiger charge is 2.39. The number of para-hydroxylation sites is 1. The van der Waals surface area contributed by atoms with Gasteiger partial charge in [-0.25, -0.2) is 0 Å². The second-order valence-corrected chi connectivity index (χ2v) is 7.76. The number of hydrogen-bond donors (Lipinski definition) is 1. The van der Waals surface area contributed by atoms with Gasteiger partial charge in [-0.15, -0.1) is 0 Å². The van der Waals surface area contributed by atoms with Crippen LogP contribution >= 0.6 is 0 Å². The maximum absolute atomic E-state index is 13.0. The van der Waals surface area contributed by atoms with Gasteiger partial charge in [0.2, 0.25) is 5.91 Å². The van der Waals surface area contributed by atoms with Crippen LogP contribution in [0.3, 0.4) is 0 Å². The third kappa shape index (κ3) is 4.35. The van der Waals surface area contributed by atoms with E-state index in [1.807, 2.05) is 50.2 Å². The number of nitrogens with one attached hydrogen (secondary N) is 1. The van der Waals surface area contributed by atoms with Gasteiger partial charge in [0, 0.05) is 19.6 Å². The first-order valence-corrected chi connectivity index (χ1v) is 9.69. The molecule has 1 aliphatic rings. The molecular weight excluding hydrogens is 352 g/mol. The van der Waals surface area contributed by atoms with E-state index in [0.717, 1.165) is 18.4 Å². The van der Waals surface area contributed by atoms with Gasteiger partial charge < -0.3 is 15.0 Å². The van der Waals surface area contributed by atoms with Crippen molar-refractivity contribution < 1.29 is 14.3 Å². The lowest BCUT2D eigenvalue weighted by Gasteiger charge is -2.39. The van der Waals surface area contributed by atoms with Gasteiger partial charge in [0.25, 0.3) is 5.91 Å². The molecule has 28 heavy (non-hydrogen) atoms. The molecule has 1 saturated heterocycles. The van der Waals surface area contributed by atoms with Gasteiger partial charge in [-0.05, 0) is 44.4 Å². The van der Waals surface area contributed by atoms with Crippen LogP contribution in [0.5, 0.6) is 5.75 Å². The van der Waals surface area contributed by atoms with E-state index in [1.165, 1.54) is 5.56 Å². The summed E-state index contributed by atoms with van der Waals surface area (Å²) in [6, 6.07) is 15.3. The molecule has 1 heterocycles. The van der Waals surface area contributed by atoms with Crippen molar-refractivity contribution in [2.24, 2.45) is 5.41 Å². The molecule has 0 saturated carbocycles.